The fourth-order valence-corrected chi connectivity index (χ4v) is 4.53. The summed E-state index contributed by atoms with van der Waals surface area (Å²) < 4.78 is 11.0. The summed E-state index contributed by atoms with van der Waals surface area (Å²) in [7, 11) is 1.62. The minimum absolute atomic E-state index is 0.0454. The van der Waals surface area contributed by atoms with E-state index in [0.29, 0.717) is 31.9 Å². The molecule has 0 aliphatic carbocycles. The van der Waals surface area contributed by atoms with Crippen LogP contribution in [0.2, 0.25) is 0 Å². The highest BCUT2D eigenvalue weighted by molar-refractivity contribution is 5.97. The Labute approximate surface area is 196 Å². The van der Waals surface area contributed by atoms with E-state index in [0.717, 1.165) is 11.3 Å². The second kappa shape index (κ2) is 9.27. The van der Waals surface area contributed by atoms with E-state index in [1.807, 2.05) is 27.7 Å². The smallest absolute Gasteiger partial charge is 0.410 e. The second-order valence-electron chi connectivity index (χ2n) is 10.6. The van der Waals surface area contributed by atoms with E-state index in [-0.39, 0.29) is 36.0 Å². The monoisotopic (exact) mass is 457 g/mol. The minimum Gasteiger partial charge on any atom is -0.444 e. The van der Waals surface area contributed by atoms with Crippen molar-refractivity contribution in [2.75, 3.05) is 44.8 Å². The maximum Gasteiger partial charge on any atom is 0.410 e. The lowest BCUT2D eigenvalue weighted by Gasteiger charge is -2.45. The molecule has 1 saturated heterocycles. The summed E-state index contributed by atoms with van der Waals surface area (Å²) >= 11 is 0. The van der Waals surface area contributed by atoms with Crippen molar-refractivity contribution in [3.63, 3.8) is 0 Å². The highest BCUT2D eigenvalue weighted by Crippen LogP contribution is 2.40. The number of pyridine rings is 1. The van der Waals surface area contributed by atoms with Gasteiger partial charge in [0.1, 0.15) is 17.4 Å². The van der Waals surface area contributed by atoms with Crippen molar-refractivity contribution in [2.24, 2.45) is 0 Å². The summed E-state index contributed by atoms with van der Waals surface area (Å²) in [6, 6.07) is 3.50. The Balaban J connectivity index is 1.77. The number of methoxy groups -OCH3 is 1. The van der Waals surface area contributed by atoms with Crippen LogP contribution >= 0.6 is 0 Å². The summed E-state index contributed by atoms with van der Waals surface area (Å²) in [5.74, 6) is -0.0454. The van der Waals surface area contributed by atoms with Crippen molar-refractivity contribution in [1.82, 2.24) is 14.8 Å². The number of carbonyl (C=O) groups is 2. The van der Waals surface area contributed by atoms with E-state index < -0.39 is 5.60 Å². The molecule has 0 N–H and O–H groups in total. The van der Waals surface area contributed by atoms with Crippen LogP contribution in [0.3, 0.4) is 0 Å². The Morgan fingerprint density at radius 1 is 1.30 bits per heavy atom. The van der Waals surface area contributed by atoms with Gasteiger partial charge in [-0.1, -0.05) is 13.8 Å². The number of ether oxygens (including phenoxy) is 2. The molecular formula is C24H35N5O4. The normalized spacial score (nSPS) is 22.6. The van der Waals surface area contributed by atoms with Crippen molar-refractivity contribution < 1.29 is 19.1 Å². The molecule has 180 valence electrons. The fourth-order valence-electron chi connectivity index (χ4n) is 4.53. The standard InChI is InChI=1S/C24H35N5O4/c1-16-11-27(18(14-32-7)12-28(16)22(31)33-23(2,3)4)13-21(30)29-15-24(5,6)19-10-26-17(9-25)8-20(19)29/h8,10,16,18H,11-15H2,1-7H3/t16-,18-/m1/s1. The van der Waals surface area contributed by atoms with Crippen LogP contribution in [0, 0.1) is 11.3 Å². The molecule has 0 spiro atoms. The number of fused-ring (bicyclic) bond motifs is 1. The van der Waals surface area contributed by atoms with Gasteiger partial charge in [0.25, 0.3) is 0 Å². The second-order valence-corrected chi connectivity index (χ2v) is 10.6. The van der Waals surface area contributed by atoms with Crippen LogP contribution in [-0.4, -0.2) is 84.4 Å². The molecule has 2 aliphatic rings. The van der Waals surface area contributed by atoms with Gasteiger partial charge in [0.05, 0.1) is 24.9 Å². The number of nitrogens with zero attached hydrogens (tertiary/aromatic N) is 5. The van der Waals surface area contributed by atoms with Crippen LogP contribution in [0.5, 0.6) is 0 Å². The highest BCUT2D eigenvalue weighted by atomic mass is 16.6. The number of hydrogen-bond donors (Lipinski definition) is 0. The zero-order valence-corrected chi connectivity index (χ0v) is 20.7. The lowest BCUT2D eigenvalue weighted by Crippen LogP contribution is -2.62. The third kappa shape index (κ3) is 5.45. The Bertz CT molecular complexity index is 949. The van der Waals surface area contributed by atoms with Gasteiger partial charge >= 0.3 is 6.09 Å². The molecule has 9 nitrogen and oxygen atoms in total. The molecule has 2 atom stereocenters. The van der Waals surface area contributed by atoms with Crippen molar-refractivity contribution in [3.8, 4) is 6.07 Å². The zero-order valence-electron chi connectivity index (χ0n) is 20.7. The first-order chi connectivity index (χ1) is 15.4. The van der Waals surface area contributed by atoms with Gasteiger partial charge < -0.3 is 19.3 Å². The van der Waals surface area contributed by atoms with Crippen LogP contribution in [0.15, 0.2) is 12.3 Å². The number of aromatic nitrogens is 1. The Kier molecular flexibility index (Phi) is 7.01. The maximum atomic E-state index is 13.5. The molecule has 0 bridgehead atoms. The molecule has 1 aromatic heterocycles. The first kappa shape index (κ1) is 24.9. The Hall–Kier alpha value is -2.70. The molecule has 2 aliphatic heterocycles. The summed E-state index contributed by atoms with van der Waals surface area (Å²) in [4.78, 5) is 35.9. The molecule has 33 heavy (non-hydrogen) atoms. The molecule has 0 radical (unpaired) electrons. The van der Waals surface area contributed by atoms with Crippen molar-refractivity contribution in [2.45, 2.75) is 64.6 Å². The predicted octanol–water partition coefficient (Wildman–Crippen LogP) is 2.53. The first-order valence-corrected chi connectivity index (χ1v) is 11.3. The zero-order chi connectivity index (χ0) is 24.6. The number of nitriles is 1. The van der Waals surface area contributed by atoms with Crippen LogP contribution in [0.4, 0.5) is 10.5 Å². The van der Waals surface area contributed by atoms with E-state index in [2.05, 4.69) is 29.8 Å². The van der Waals surface area contributed by atoms with Gasteiger partial charge in [0.2, 0.25) is 5.91 Å². The van der Waals surface area contributed by atoms with E-state index in [4.69, 9.17) is 9.47 Å². The largest absolute Gasteiger partial charge is 0.444 e. The lowest BCUT2D eigenvalue weighted by atomic mass is 9.88. The third-order valence-corrected chi connectivity index (χ3v) is 6.15. The molecular weight excluding hydrogens is 422 g/mol. The van der Waals surface area contributed by atoms with Gasteiger partial charge in [-0.2, -0.15) is 5.26 Å². The molecule has 9 heteroatoms. The summed E-state index contributed by atoms with van der Waals surface area (Å²) in [5, 5.41) is 9.27. The topological polar surface area (TPSA) is 99.0 Å². The molecule has 1 aromatic rings. The first-order valence-electron chi connectivity index (χ1n) is 11.3. The summed E-state index contributed by atoms with van der Waals surface area (Å²) in [5.41, 5.74) is 1.18. The van der Waals surface area contributed by atoms with Crippen molar-refractivity contribution >= 4 is 17.7 Å². The number of carbonyl (C=O) groups excluding carboxylic acids is 2. The quantitative estimate of drug-likeness (QED) is 0.685. The molecule has 2 amide bonds. The van der Waals surface area contributed by atoms with Crippen molar-refractivity contribution in [3.05, 3.63) is 23.5 Å². The van der Waals surface area contributed by atoms with E-state index in [1.165, 1.54) is 0 Å². The third-order valence-electron chi connectivity index (χ3n) is 6.15. The van der Waals surface area contributed by atoms with Gasteiger partial charge in [-0.15, -0.1) is 0 Å². The van der Waals surface area contributed by atoms with Crippen molar-refractivity contribution in [1.29, 1.82) is 5.26 Å². The van der Waals surface area contributed by atoms with E-state index >= 15 is 0 Å². The molecule has 1 fully saturated rings. The number of anilines is 1. The number of hydrogen-bond acceptors (Lipinski definition) is 7. The minimum atomic E-state index is -0.576. The maximum absolute atomic E-state index is 13.5. The number of rotatable bonds is 4. The Morgan fingerprint density at radius 2 is 2.00 bits per heavy atom. The van der Waals surface area contributed by atoms with Crippen LogP contribution in [-0.2, 0) is 19.7 Å². The molecule has 3 rings (SSSR count). The SMILES string of the molecule is COC[C@H]1CN(C(=O)OC(C)(C)C)[C@H](C)CN1CC(=O)N1CC(C)(C)c2cnc(C#N)cc21. The molecule has 3 heterocycles. The summed E-state index contributed by atoms with van der Waals surface area (Å²) in [6.07, 6.45) is 1.35. The van der Waals surface area contributed by atoms with Gasteiger partial charge in [0, 0.05) is 50.0 Å². The Morgan fingerprint density at radius 3 is 2.61 bits per heavy atom. The average molecular weight is 458 g/mol. The van der Waals surface area contributed by atoms with Crippen LogP contribution in [0.1, 0.15) is 52.8 Å². The van der Waals surface area contributed by atoms with Gasteiger partial charge in [-0.3, -0.25) is 9.69 Å². The van der Waals surface area contributed by atoms with E-state index in [1.54, 1.807) is 29.2 Å². The lowest BCUT2D eigenvalue weighted by molar-refractivity contribution is -0.121. The highest BCUT2D eigenvalue weighted by Gasteiger charge is 2.41. The van der Waals surface area contributed by atoms with Gasteiger partial charge in [0.15, 0.2) is 0 Å². The van der Waals surface area contributed by atoms with E-state index in [9.17, 15) is 14.9 Å². The van der Waals surface area contributed by atoms with Gasteiger partial charge in [-0.25, -0.2) is 9.78 Å². The van der Waals surface area contributed by atoms with Crippen LogP contribution in [0.25, 0.3) is 0 Å². The van der Waals surface area contributed by atoms with Gasteiger partial charge in [-0.05, 0) is 33.8 Å². The number of piperazine rings is 1. The molecule has 0 unspecified atom stereocenters. The summed E-state index contributed by atoms with van der Waals surface area (Å²) in [6.45, 7) is 13.7. The average Bonchev–Trinajstić information content (AvgIpc) is 2.99. The predicted molar refractivity (Wildman–Crippen MR) is 124 cm³/mol. The molecule has 0 aromatic carbocycles. The fraction of sp³-hybridized carbons (Fsp3) is 0.667. The number of amides is 2. The molecule has 0 saturated carbocycles. The van der Waals surface area contributed by atoms with Crippen LogP contribution < -0.4 is 4.90 Å².